The molecule has 0 aromatic heterocycles. The molecule has 3 aromatic carbocycles. The molecule has 0 atom stereocenters. The molecule has 0 aliphatic rings. The molecule has 1 amide bonds. The number of carboxylic acid groups (broad SMARTS) is 1. The Kier molecular flexibility index (Phi) is 8.67. The fourth-order valence-electron chi connectivity index (χ4n) is 3.30. The Morgan fingerprint density at radius 2 is 1.62 bits per heavy atom. The minimum atomic E-state index is -1.00. The first-order valence-corrected chi connectivity index (χ1v) is 11.6. The normalized spacial score (nSPS) is 10.6. The van der Waals surface area contributed by atoms with Crippen LogP contribution in [0.2, 0.25) is 0 Å². The minimum Gasteiger partial charge on any atom is -0.482 e. The molecule has 0 spiro atoms. The van der Waals surface area contributed by atoms with E-state index < -0.39 is 5.97 Å². The predicted molar refractivity (Wildman–Crippen MR) is 135 cm³/mol. The summed E-state index contributed by atoms with van der Waals surface area (Å²) in [7, 11) is 0. The fraction of sp³-hybridized carbons (Fsp3) is 0.231. The Balaban J connectivity index is 1.74. The van der Waals surface area contributed by atoms with E-state index in [0.717, 1.165) is 38.8 Å². The SMILES string of the molecule is CCCCC(=O)N(Cc1ccc(-c2ccc(OCC(=O)O)cc2)cc1)c1cccc(I)c1. The molecule has 6 heteroatoms. The number of ether oxygens (including phenoxy) is 1. The molecule has 1 N–H and O–H groups in total. The van der Waals surface area contributed by atoms with Gasteiger partial charge in [0.1, 0.15) is 5.75 Å². The van der Waals surface area contributed by atoms with Crippen LogP contribution < -0.4 is 9.64 Å². The summed E-state index contributed by atoms with van der Waals surface area (Å²) >= 11 is 2.27. The van der Waals surface area contributed by atoms with Crippen molar-refractivity contribution in [3.8, 4) is 16.9 Å². The number of amides is 1. The van der Waals surface area contributed by atoms with Crippen molar-refractivity contribution >= 4 is 40.2 Å². The van der Waals surface area contributed by atoms with Crippen molar-refractivity contribution in [2.24, 2.45) is 0 Å². The molecule has 5 nitrogen and oxygen atoms in total. The van der Waals surface area contributed by atoms with Crippen molar-refractivity contribution in [1.29, 1.82) is 0 Å². The van der Waals surface area contributed by atoms with Crippen LogP contribution >= 0.6 is 22.6 Å². The van der Waals surface area contributed by atoms with Crippen molar-refractivity contribution in [2.75, 3.05) is 11.5 Å². The van der Waals surface area contributed by atoms with Gasteiger partial charge < -0.3 is 14.7 Å². The summed E-state index contributed by atoms with van der Waals surface area (Å²) in [6, 6.07) is 23.5. The quantitative estimate of drug-likeness (QED) is 0.312. The Morgan fingerprint density at radius 3 is 2.22 bits per heavy atom. The number of nitrogens with zero attached hydrogens (tertiary/aromatic N) is 1. The number of carbonyl (C=O) groups is 2. The highest BCUT2D eigenvalue weighted by Gasteiger charge is 2.16. The van der Waals surface area contributed by atoms with Gasteiger partial charge >= 0.3 is 5.97 Å². The number of rotatable bonds is 10. The Hall–Kier alpha value is -2.87. The zero-order valence-electron chi connectivity index (χ0n) is 18.0. The molecule has 0 heterocycles. The zero-order chi connectivity index (χ0) is 22.9. The summed E-state index contributed by atoms with van der Waals surface area (Å²) in [5.41, 5.74) is 4.02. The van der Waals surface area contributed by atoms with Crippen LogP contribution in [0.5, 0.6) is 5.75 Å². The van der Waals surface area contributed by atoms with Gasteiger partial charge in [-0.1, -0.05) is 55.8 Å². The van der Waals surface area contributed by atoms with Gasteiger partial charge in [0.25, 0.3) is 0 Å². The summed E-state index contributed by atoms with van der Waals surface area (Å²) in [5.74, 6) is -0.349. The highest BCUT2D eigenvalue weighted by molar-refractivity contribution is 14.1. The molecule has 0 saturated carbocycles. The second-order valence-electron chi connectivity index (χ2n) is 7.47. The lowest BCUT2D eigenvalue weighted by molar-refractivity contribution is -0.139. The van der Waals surface area contributed by atoms with Crippen LogP contribution in [-0.4, -0.2) is 23.6 Å². The maximum absolute atomic E-state index is 12.9. The summed E-state index contributed by atoms with van der Waals surface area (Å²) < 4.78 is 6.28. The number of anilines is 1. The van der Waals surface area contributed by atoms with Crippen LogP contribution in [0.1, 0.15) is 31.7 Å². The number of carboxylic acids is 1. The van der Waals surface area contributed by atoms with E-state index in [1.165, 1.54) is 0 Å². The second kappa shape index (κ2) is 11.7. The number of aliphatic carboxylic acids is 1. The molecule has 0 saturated heterocycles. The lowest BCUT2D eigenvalue weighted by Gasteiger charge is -2.23. The van der Waals surface area contributed by atoms with Crippen LogP contribution in [-0.2, 0) is 16.1 Å². The molecule has 166 valence electrons. The van der Waals surface area contributed by atoms with Crippen molar-refractivity contribution in [1.82, 2.24) is 0 Å². The molecule has 0 aliphatic carbocycles. The van der Waals surface area contributed by atoms with Gasteiger partial charge in [0.2, 0.25) is 5.91 Å². The molecule has 0 aliphatic heterocycles. The van der Waals surface area contributed by atoms with Crippen molar-refractivity contribution < 1.29 is 19.4 Å². The van der Waals surface area contributed by atoms with Gasteiger partial charge in [0.15, 0.2) is 6.61 Å². The summed E-state index contributed by atoms with van der Waals surface area (Å²) in [6.07, 6.45) is 2.40. The lowest BCUT2D eigenvalue weighted by atomic mass is 10.0. The second-order valence-corrected chi connectivity index (χ2v) is 8.71. The average Bonchev–Trinajstić information content (AvgIpc) is 2.80. The van der Waals surface area contributed by atoms with Gasteiger partial charge in [-0.15, -0.1) is 0 Å². The number of halogens is 1. The Labute approximate surface area is 202 Å². The van der Waals surface area contributed by atoms with Crippen molar-refractivity contribution in [3.63, 3.8) is 0 Å². The summed E-state index contributed by atoms with van der Waals surface area (Å²) in [5, 5.41) is 8.71. The van der Waals surface area contributed by atoms with Gasteiger partial charge in [-0.25, -0.2) is 4.79 Å². The first-order chi connectivity index (χ1) is 15.5. The van der Waals surface area contributed by atoms with Gasteiger partial charge in [0.05, 0.1) is 6.54 Å². The van der Waals surface area contributed by atoms with Gasteiger partial charge in [-0.3, -0.25) is 4.79 Å². The first kappa shape index (κ1) is 23.8. The minimum absolute atomic E-state index is 0.134. The topological polar surface area (TPSA) is 66.8 Å². The molecule has 0 fully saturated rings. The van der Waals surface area contributed by atoms with E-state index in [-0.39, 0.29) is 12.5 Å². The van der Waals surface area contributed by atoms with E-state index in [2.05, 4.69) is 29.5 Å². The van der Waals surface area contributed by atoms with E-state index in [1.807, 2.05) is 65.6 Å². The molecule has 0 bridgehead atoms. The zero-order valence-corrected chi connectivity index (χ0v) is 20.1. The molecule has 0 radical (unpaired) electrons. The molecular formula is C26H26INO4. The van der Waals surface area contributed by atoms with Crippen molar-refractivity contribution in [3.05, 3.63) is 81.9 Å². The molecule has 32 heavy (non-hydrogen) atoms. The largest absolute Gasteiger partial charge is 0.482 e. The van der Waals surface area contributed by atoms with Crippen LogP contribution in [0, 0.1) is 3.57 Å². The van der Waals surface area contributed by atoms with E-state index in [9.17, 15) is 9.59 Å². The smallest absolute Gasteiger partial charge is 0.341 e. The van der Waals surface area contributed by atoms with Crippen LogP contribution in [0.3, 0.4) is 0 Å². The standard InChI is InChI=1S/C26H26INO4/c1-2-3-7-25(29)28(23-6-4-5-22(27)16-23)17-19-8-10-20(11-9-19)21-12-14-24(15-13-21)32-18-26(30)31/h4-6,8-16H,2-3,7,17-18H2,1H3,(H,30,31). The number of benzene rings is 3. The monoisotopic (exact) mass is 543 g/mol. The van der Waals surface area contributed by atoms with Gasteiger partial charge in [-0.05, 0) is 76.0 Å². The maximum atomic E-state index is 12.9. The predicted octanol–water partition coefficient (Wildman–Crippen LogP) is 6.15. The number of hydrogen-bond donors (Lipinski definition) is 1. The van der Waals surface area contributed by atoms with E-state index in [0.29, 0.717) is 18.7 Å². The maximum Gasteiger partial charge on any atom is 0.341 e. The third-order valence-corrected chi connectivity index (χ3v) is 5.68. The van der Waals surface area contributed by atoms with Gasteiger partial charge in [0, 0.05) is 15.7 Å². The molecule has 3 rings (SSSR count). The first-order valence-electron chi connectivity index (χ1n) is 10.6. The van der Waals surface area contributed by atoms with Crippen LogP contribution in [0.25, 0.3) is 11.1 Å². The van der Waals surface area contributed by atoms with E-state index in [4.69, 9.17) is 9.84 Å². The fourth-order valence-corrected chi connectivity index (χ4v) is 3.83. The van der Waals surface area contributed by atoms with Gasteiger partial charge in [-0.2, -0.15) is 0 Å². The molecule has 3 aromatic rings. The summed E-state index contributed by atoms with van der Waals surface area (Å²) in [6.45, 7) is 2.25. The Bertz CT molecular complexity index is 1050. The average molecular weight is 543 g/mol. The van der Waals surface area contributed by atoms with E-state index >= 15 is 0 Å². The highest BCUT2D eigenvalue weighted by Crippen LogP contribution is 2.25. The number of hydrogen-bond acceptors (Lipinski definition) is 3. The highest BCUT2D eigenvalue weighted by atomic mass is 127. The molecule has 0 unspecified atom stereocenters. The van der Waals surface area contributed by atoms with Crippen LogP contribution in [0.4, 0.5) is 5.69 Å². The third kappa shape index (κ3) is 6.82. The van der Waals surface area contributed by atoms with E-state index in [1.54, 1.807) is 12.1 Å². The third-order valence-electron chi connectivity index (χ3n) is 5.01. The summed E-state index contributed by atoms with van der Waals surface area (Å²) in [4.78, 5) is 25.4. The van der Waals surface area contributed by atoms with Crippen LogP contribution in [0.15, 0.2) is 72.8 Å². The number of unbranched alkanes of at least 4 members (excludes halogenated alkanes) is 1. The van der Waals surface area contributed by atoms with Crippen molar-refractivity contribution in [2.45, 2.75) is 32.7 Å². The number of carbonyl (C=O) groups excluding carboxylic acids is 1. The Morgan fingerprint density at radius 1 is 0.969 bits per heavy atom. The molecular weight excluding hydrogens is 517 g/mol. The lowest BCUT2D eigenvalue weighted by Crippen LogP contribution is -2.30.